The number of imidazole rings is 1. The average molecular weight is 534 g/mol. The summed E-state index contributed by atoms with van der Waals surface area (Å²) in [6, 6.07) is 9.71. The fraction of sp³-hybridized carbons (Fsp3) is 0.429. The minimum absolute atomic E-state index is 0.169. The number of hydrogen-bond donors (Lipinski definition) is 4. The van der Waals surface area contributed by atoms with Gasteiger partial charge in [-0.15, -0.1) is 0 Å². The van der Waals surface area contributed by atoms with Crippen molar-refractivity contribution in [3.8, 4) is 0 Å². The summed E-state index contributed by atoms with van der Waals surface area (Å²) < 4.78 is 2.34. The van der Waals surface area contributed by atoms with E-state index in [0.717, 1.165) is 6.42 Å². The third kappa shape index (κ3) is 3.19. The number of carbonyl (C=O) groups excluding carboxylic acids is 1. The summed E-state index contributed by atoms with van der Waals surface area (Å²) in [5.74, 6) is 0.228. The first-order valence-corrected chi connectivity index (χ1v) is 11.3. The molecule has 2 saturated carbocycles. The number of hydrogen-bond acceptors (Lipinski definition) is 7. The lowest BCUT2D eigenvalue weighted by molar-refractivity contribution is -0.132. The van der Waals surface area contributed by atoms with Crippen molar-refractivity contribution >= 4 is 45.5 Å². The summed E-state index contributed by atoms with van der Waals surface area (Å²) >= 11 is 2.06. The van der Waals surface area contributed by atoms with E-state index in [-0.39, 0.29) is 11.8 Å². The quantitative estimate of drug-likeness (QED) is 0.276. The normalized spacial score (nSPS) is 29.0. The van der Waals surface area contributed by atoms with Crippen molar-refractivity contribution in [1.29, 1.82) is 0 Å². The van der Waals surface area contributed by atoms with Gasteiger partial charge in [0, 0.05) is 42.1 Å². The smallest absolute Gasteiger partial charge is 0.229 e. The van der Waals surface area contributed by atoms with Crippen LogP contribution >= 0.6 is 22.6 Å². The van der Waals surface area contributed by atoms with Gasteiger partial charge in [0.05, 0.1) is 23.9 Å². The van der Waals surface area contributed by atoms with Gasteiger partial charge >= 0.3 is 0 Å². The van der Waals surface area contributed by atoms with E-state index < -0.39 is 23.7 Å². The molecule has 0 bridgehead atoms. The van der Waals surface area contributed by atoms with E-state index in [1.165, 1.54) is 5.56 Å². The molecule has 4 N–H and O–H groups in total. The van der Waals surface area contributed by atoms with Crippen molar-refractivity contribution in [2.24, 2.45) is 11.3 Å². The van der Waals surface area contributed by atoms with Crippen LogP contribution in [0, 0.1) is 15.2 Å². The number of anilines is 1. The zero-order valence-electron chi connectivity index (χ0n) is 16.9. The minimum atomic E-state index is -1.12. The monoisotopic (exact) mass is 534 g/mol. The number of aliphatic hydroxyl groups is 2. The van der Waals surface area contributed by atoms with Crippen molar-refractivity contribution in [3.63, 3.8) is 0 Å². The molecule has 0 aliphatic heterocycles. The van der Waals surface area contributed by atoms with E-state index in [0.29, 0.717) is 33.8 Å². The molecule has 0 saturated heterocycles. The largest absolute Gasteiger partial charge is 0.389 e. The topological polar surface area (TPSA) is 125 Å². The van der Waals surface area contributed by atoms with E-state index in [4.69, 9.17) is 0 Å². The first kappa shape index (κ1) is 20.6. The number of aliphatic hydroxyl groups excluding tert-OH is 2. The maximum atomic E-state index is 12.4. The van der Waals surface area contributed by atoms with Gasteiger partial charge in [0.2, 0.25) is 5.91 Å². The number of nitrogens with zero attached hydrogens (tertiary/aromatic N) is 4. The Morgan fingerprint density at radius 1 is 1.29 bits per heavy atom. The van der Waals surface area contributed by atoms with Crippen LogP contribution < -0.4 is 10.6 Å². The van der Waals surface area contributed by atoms with Gasteiger partial charge in [0.25, 0.3) is 0 Å². The molecule has 2 aliphatic carbocycles. The molecule has 2 fully saturated rings. The molecule has 2 aliphatic rings. The van der Waals surface area contributed by atoms with Crippen molar-refractivity contribution < 1.29 is 15.0 Å². The van der Waals surface area contributed by atoms with E-state index in [2.05, 4.69) is 60.3 Å². The Kier molecular flexibility index (Phi) is 5.10. The highest BCUT2D eigenvalue weighted by molar-refractivity contribution is 14.1. The molecule has 9 nitrogen and oxygen atoms in total. The van der Waals surface area contributed by atoms with Gasteiger partial charge in [0.15, 0.2) is 20.8 Å². The second-order valence-corrected chi connectivity index (χ2v) is 9.15. The first-order valence-electron chi connectivity index (χ1n) is 10.2. The first-order chi connectivity index (χ1) is 15.0. The molecule has 1 aromatic carbocycles. The van der Waals surface area contributed by atoms with Gasteiger partial charge in [-0.2, -0.15) is 0 Å². The van der Waals surface area contributed by atoms with Crippen molar-refractivity contribution in [1.82, 2.24) is 24.8 Å². The number of carbonyl (C=O) groups is 1. The zero-order valence-corrected chi connectivity index (χ0v) is 19.0. The highest BCUT2D eigenvalue weighted by Gasteiger charge is 2.75. The summed E-state index contributed by atoms with van der Waals surface area (Å²) in [6.07, 6.45) is 0.796. The van der Waals surface area contributed by atoms with Crippen LogP contribution in [0.1, 0.15) is 18.0 Å². The van der Waals surface area contributed by atoms with E-state index in [1.807, 2.05) is 18.2 Å². The van der Waals surface area contributed by atoms with Crippen molar-refractivity contribution in [2.45, 2.75) is 31.1 Å². The Hall–Kier alpha value is -2.31. The average Bonchev–Trinajstić information content (AvgIpc) is 3.31. The van der Waals surface area contributed by atoms with Gasteiger partial charge in [0.1, 0.15) is 6.10 Å². The molecule has 2 aromatic heterocycles. The molecule has 3 aromatic rings. The minimum Gasteiger partial charge on any atom is -0.389 e. The van der Waals surface area contributed by atoms with Gasteiger partial charge in [-0.25, -0.2) is 15.0 Å². The molecular formula is C21H23IN6O3. The maximum absolute atomic E-state index is 12.4. The van der Waals surface area contributed by atoms with Gasteiger partial charge in [-0.3, -0.25) is 4.79 Å². The lowest BCUT2D eigenvalue weighted by Crippen LogP contribution is -2.41. The number of benzene rings is 1. The van der Waals surface area contributed by atoms with Crippen LogP contribution in [0.25, 0.3) is 11.2 Å². The van der Waals surface area contributed by atoms with Crippen LogP contribution in [0.3, 0.4) is 0 Å². The van der Waals surface area contributed by atoms with Crippen LogP contribution in [0.4, 0.5) is 5.82 Å². The zero-order chi connectivity index (χ0) is 21.8. The molecule has 0 unspecified atom stereocenters. The predicted molar refractivity (Wildman–Crippen MR) is 122 cm³/mol. The van der Waals surface area contributed by atoms with Crippen molar-refractivity contribution in [3.05, 3.63) is 46.1 Å². The van der Waals surface area contributed by atoms with E-state index in [1.54, 1.807) is 17.9 Å². The highest BCUT2D eigenvalue weighted by Crippen LogP contribution is 2.67. The number of aromatic nitrogens is 4. The Morgan fingerprint density at radius 3 is 2.81 bits per heavy atom. The van der Waals surface area contributed by atoms with E-state index >= 15 is 0 Å². The third-order valence-electron chi connectivity index (χ3n) is 6.59. The molecule has 162 valence electrons. The Labute approximate surface area is 192 Å². The van der Waals surface area contributed by atoms with Gasteiger partial charge < -0.3 is 25.4 Å². The summed E-state index contributed by atoms with van der Waals surface area (Å²) in [5, 5.41) is 27.4. The molecule has 5 atom stereocenters. The Morgan fingerprint density at radius 2 is 2.06 bits per heavy atom. The summed E-state index contributed by atoms with van der Waals surface area (Å²) in [5.41, 5.74) is 1.47. The van der Waals surface area contributed by atoms with Gasteiger partial charge in [-0.1, -0.05) is 30.3 Å². The summed E-state index contributed by atoms with van der Waals surface area (Å²) in [4.78, 5) is 26.0. The predicted octanol–water partition coefficient (Wildman–Crippen LogP) is 1.11. The second kappa shape index (κ2) is 7.68. The molecule has 1 amide bonds. The van der Waals surface area contributed by atoms with Crippen LogP contribution in [-0.2, 0) is 11.2 Å². The van der Waals surface area contributed by atoms with Crippen LogP contribution in [0.15, 0.2) is 36.7 Å². The van der Waals surface area contributed by atoms with Crippen LogP contribution in [-0.4, -0.2) is 61.4 Å². The molecular weight excluding hydrogens is 511 g/mol. The summed E-state index contributed by atoms with van der Waals surface area (Å²) in [7, 11) is 1.55. The number of amides is 1. The molecule has 0 radical (unpaired) electrons. The number of nitrogens with one attached hydrogen (secondary N) is 2. The Bertz CT molecular complexity index is 1140. The van der Waals surface area contributed by atoms with Crippen LogP contribution in [0.2, 0.25) is 0 Å². The molecule has 31 heavy (non-hydrogen) atoms. The molecule has 10 heteroatoms. The standard InChI is InChI=1S/C21H23IN6O3/c1-23-19(31)21-9-12(21)14(15(29)16(21)30)28-10-25-13-17(26-20(22)27-18(13)28)24-8-7-11-5-3-2-4-6-11/h2-6,10,12,14-16,29-30H,7-9H2,1H3,(H,23,31)(H,24,26,27)/t12-,14-,15+,16+,21+/m1/s1. The fourth-order valence-electron chi connectivity index (χ4n) is 4.99. The van der Waals surface area contributed by atoms with Crippen molar-refractivity contribution in [2.75, 3.05) is 18.9 Å². The second-order valence-electron chi connectivity index (χ2n) is 8.18. The number of fused-ring (bicyclic) bond motifs is 2. The lowest BCUT2D eigenvalue weighted by Gasteiger charge is -2.23. The maximum Gasteiger partial charge on any atom is 0.229 e. The lowest BCUT2D eigenvalue weighted by atomic mass is 9.98. The SMILES string of the molecule is CNC(=O)[C@@]12C[C@@H]1[C@@H](n1cnc3c(NCCc4ccccc4)nc(I)nc31)[C@H](O)[C@@H]2O. The molecule has 2 heterocycles. The summed E-state index contributed by atoms with van der Waals surface area (Å²) in [6.45, 7) is 0.687. The number of rotatable bonds is 6. The van der Waals surface area contributed by atoms with Gasteiger partial charge in [-0.05, 0) is 18.4 Å². The molecule has 0 spiro atoms. The fourth-order valence-corrected chi connectivity index (χ4v) is 5.46. The van der Waals surface area contributed by atoms with E-state index in [9.17, 15) is 15.0 Å². The van der Waals surface area contributed by atoms with Crippen LogP contribution in [0.5, 0.6) is 0 Å². The number of halogens is 1. The Balaban J connectivity index is 1.43. The highest BCUT2D eigenvalue weighted by atomic mass is 127. The third-order valence-corrected chi connectivity index (χ3v) is 7.07. The molecule has 5 rings (SSSR count).